The smallest absolute Gasteiger partial charge is 0.216 e. The maximum absolute atomic E-state index is 5.51. The van der Waals surface area contributed by atoms with Gasteiger partial charge in [-0.3, -0.25) is 0 Å². The number of anilines is 2. The van der Waals surface area contributed by atoms with Gasteiger partial charge in [0.25, 0.3) is 0 Å². The van der Waals surface area contributed by atoms with E-state index in [0.717, 1.165) is 5.76 Å². The van der Waals surface area contributed by atoms with Crippen LogP contribution in [0.4, 0.5) is 11.6 Å². The van der Waals surface area contributed by atoms with Gasteiger partial charge in [0.15, 0.2) is 0 Å². The molecule has 4 N–H and O–H groups in total. The van der Waals surface area contributed by atoms with Gasteiger partial charge in [-0.1, -0.05) is 20.8 Å². The highest BCUT2D eigenvalue weighted by molar-refractivity contribution is 5.48. The van der Waals surface area contributed by atoms with Crippen LogP contribution in [0.2, 0.25) is 0 Å². The molecule has 114 valence electrons. The fourth-order valence-corrected chi connectivity index (χ4v) is 1.79. The molecule has 0 amide bonds. The molecule has 0 saturated heterocycles. The van der Waals surface area contributed by atoms with Gasteiger partial charge in [-0.15, -0.1) is 0 Å². The number of rotatable bonds is 4. The van der Waals surface area contributed by atoms with Crippen LogP contribution in [0.25, 0.3) is 0 Å². The molecule has 0 spiro atoms. The van der Waals surface area contributed by atoms with E-state index >= 15 is 0 Å². The van der Waals surface area contributed by atoms with E-state index in [-0.39, 0.29) is 11.5 Å². The minimum absolute atomic E-state index is 0.105. The molecule has 2 heterocycles. The molecule has 0 saturated carbocycles. The Morgan fingerprint density at radius 2 is 1.90 bits per heavy atom. The second kappa shape index (κ2) is 5.69. The van der Waals surface area contributed by atoms with Crippen LogP contribution in [-0.4, -0.2) is 15.0 Å². The average Bonchev–Trinajstić information content (AvgIpc) is 2.84. The summed E-state index contributed by atoms with van der Waals surface area (Å²) in [5, 5.41) is 3.26. The molecule has 2 aromatic rings. The third-order valence-electron chi connectivity index (χ3n) is 2.92. The highest BCUT2D eigenvalue weighted by atomic mass is 16.4. The summed E-state index contributed by atoms with van der Waals surface area (Å²) in [6.45, 7) is 9.97. The Morgan fingerprint density at radius 3 is 2.43 bits per heavy atom. The summed E-state index contributed by atoms with van der Waals surface area (Å²) < 4.78 is 5.51. The average molecular weight is 290 g/mol. The van der Waals surface area contributed by atoms with Crippen LogP contribution in [0, 0.1) is 6.92 Å². The molecule has 21 heavy (non-hydrogen) atoms. The molecule has 1 unspecified atom stereocenters. The molecule has 7 nitrogen and oxygen atoms in total. The Morgan fingerprint density at radius 1 is 1.24 bits per heavy atom. The monoisotopic (exact) mass is 290 g/mol. The lowest BCUT2D eigenvalue weighted by atomic mass is 9.96. The minimum atomic E-state index is -0.175. The Labute approximate surface area is 124 Å². The Balaban J connectivity index is 2.27. The highest BCUT2D eigenvalue weighted by Crippen LogP contribution is 2.24. The quantitative estimate of drug-likeness (QED) is 0.587. The summed E-state index contributed by atoms with van der Waals surface area (Å²) in [6.07, 6.45) is 1.70. The number of oxazole rings is 1. The fourth-order valence-electron chi connectivity index (χ4n) is 1.79. The molecular weight excluding hydrogens is 268 g/mol. The summed E-state index contributed by atoms with van der Waals surface area (Å²) in [6, 6.07) is 1.65. The Hall–Kier alpha value is -2.15. The van der Waals surface area contributed by atoms with Crippen LogP contribution < -0.4 is 16.6 Å². The number of hydrazine groups is 1. The molecule has 0 aliphatic rings. The molecule has 0 fully saturated rings. The van der Waals surface area contributed by atoms with Crippen molar-refractivity contribution in [2.24, 2.45) is 5.84 Å². The van der Waals surface area contributed by atoms with Crippen molar-refractivity contribution in [3.63, 3.8) is 0 Å². The number of aryl methyl sites for hydroxylation is 1. The Kier molecular flexibility index (Phi) is 4.13. The molecule has 0 aliphatic heterocycles. The summed E-state index contributed by atoms with van der Waals surface area (Å²) >= 11 is 0. The number of aromatic nitrogens is 3. The SMILES string of the molecule is Cc1cnc(C(C)Nc2cc(NN)nc(C(C)(C)C)n2)o1. The third-order valence-corrected chi connectivity index (χ3v) is 2.92. The van der Waals surface area contributed by atoms with E-state index < -0.39 is 0 Å². The molecule has 0 bridgehead atoms. The lowest BCUT2D eigenvalue weighted by Gasteiger charge is -2.19. The normalized spacial score (nSPS) is 13.0. The molecule has 0 radical (unpaired) electrons. The number of nitrogens with two attached hydrogens (primary N) is 1. The van der Waals surface area contributed by atoms with Crippen molar-refractivity contribution in [3.8, 4) is 0 Å². The number of nitrogens with zero attached hydrogens (tertiary/aromatic N) is 3. The van der Waals surface area contributed by atoms with Crippen LogP contribution in [0.1, 0.15) is 51.2 Å². The summed E-state index contributed by atoms with van der Waals surface area (Å²) in [5.74, 6) is 8.81. The lowest BCUT2D eigenvalue weighted by molar-refractivity contribution is 0.453. The van der Waals surface area contributed by atoms with Crippen LogP contribution in [0.3, 0.4) is 0 Å². The van der Waals surface area contributed by atoms with Gasteiger partial charge in [0.1, 0.15) is 29.3 Å². The van der Waals surface area contributed by atoms with Gasteiger partial charge < -0.3 is 15.2 Å². The van der Waals surface area contributed by atoms with Crippen molar-refractivity contribution in [3.05, 3.63) is 29.7 Å². The first kappa shape index (κ1) is 15.2. The largest absolute Gasteiger partial charge is 0.444 e. The van der Waals surface area contributed by atoms with Gasteiger partial charge in [-0.05, 0) is 13.8 Å². The van der Waals surface area contributed by atoms with Gasteiger partial charge in [-0.25, -0.2) is 20.8 Å². The van der Waals surface area contributed by atoms with Gasteiger partial charge in [0, 0.05) is 11.5 Å². The standard InChI is InChI=1S/C14H22N6O/c1-8-7-16-12(21-8)9(2)17-10-6-11(20-15)19-13(18-10)14(3,4)5/h6-7,9H,15H2,1-5H3,(H2,17,18,19,20). The molecule has 7 heteroatoms. The summed E-state index contributed by atoms with van der Waals surface area (Å²) in [7, 11) is 0. The number of hydrogen-bond acceptors (Lipinski definition) is 7. The first-order valence-electron chi connectivity index (χ1n) is 6.84. The molecule has 2 aromatic heterocycles. The van der Waals surface area contributed by atoms with Crippen LogP contribution in [-0.2, 0) is 5.41 Å². The zero-order chi connectivity index (χ0) is 15.6. The predicted molar refractivity (Wildman–Crippen MR) is 81.8 cm³/mol. The van der Waals surface area contributed by atoms with E-state index in [1.54, 1.807) is 12.3 Å². The van der Waals surface area contributed by atoms with E-state index in [1.165, 1.54) is 0 Å². The van der Waals surface area contributed by atoms with Crippen molar-refractivity contribution < 1.29 is 4.42 Å². The third kappa shape index (κ3) is 3.69. The first-order chi connectivity index (χ1) is 9.79. The number of nitrogen functional groups attached to an aromatic ring is 1. The van der Waals surface area contributed by atoms with Gasteiger partial charge in [0.2, 0.25) is 5.89 Å². The van der Waals surface area contributed by atoms with Crippen LogP contribution >= 0.6 is 0 Å². The zero-order valence-electron chi connectivity index (χ0n) is 13.1. The summed E-state index contributed by atoms with van der Waals surface area (Å²) in [5.41, 5.74) is 2.39. The minimum Gasteiger partial charge on any atom is -0.444 e. The molecule has 0 aromatic carbocycles. The van der Waals surface area contributed by atoms with Crippen molar-refractivity contribution in [1.29, 1.82) is 0 Å². The van der Waals surface area contributed by atoms with E-state index in [1.807, 2.05) is 34.6 Å². The first-order valence-corrected chi connectivity index (χ1v) is 6.84. The van der Waals surface area contributed by atoms with Crippen molar-refractivity contribution >= 4 is 11.6 Å². The predicted octanol–water partition coefficient (Wildman–Crippen LogP) is 2.53. The van der Waals surface area contributed by atoms with Gasteiger partial charge >= 0.3 is 0 Å². The van der Waals surface area contributed by atoms with E-state index in [0.29, 0.717) is 23.4 Å². The molecular formula is C14H22N6O. The molecule has 2 rings (SSSR count). The van der Waals surface area contributed by atoms with Crippen molar-refractivity contribution in [2.75, 3.05) is 10.7 Å². The second-order valence-electron chi connectivity index (χ2n) is 6.03. The maximum Gasteiger partial charge on any atom is 0.216 e. The van der Waals surface area contributed by atoms with Gasteiger partial charge in [-0.2, -0.15) is 0 Å². The number of hydrogen-bond donors (Lipinski definition) is 3. The second-order valence-corrected chi connectivity index (χ2v) is 6.03. The van der Waals surface area contributed by atoms with Gasteiger partial charge in [0.05, 0.1) is 6.20 Å². The van der Waals surface area contributed by atoms with E-state index in [9.17, 15) is 0 Å². The fraction of sp³-hybridized carbons (Fsp3) is 0.500. The number of nitrogens with one attached hydrogen (secondary N) is 2. The lowest BCUT2D eigenvalue weighted by Crippen LogP contribution is -2.20. The van der Waals surface area contributed by atoms with Crippen LogP contribution in [0.15, 0.2) is 16.7 Å². The Bertz CT molecular complexity index is 616. The topological polar surface area (TPSA) is 102 Å². The highest BCUT2D eigenvalue weighted by Gasteiger charge is 2.20. The summed E-state index contributed by atoms with van der Waals surface area (Å²) in [4.78, 5) is 13.1. The molecule has 0 aliphatic carbocycles. The van der Waals surface area contributed by atoms with Crippen molar-refractivity contribution in [2.45, 2.75) is 46.1 Å². The zero-order valence-corrected chi connectivity index (χ0v) is 13.1. The van der Waals surface area contributed by atoms with E-state index in [4.69, 9.17) is 10.3 Å². The van der Waals surface area contributed by atoms with Crippen molar-refractivity contribution in [1.82, 2.24) is 15.0 Å². The maximum atomic E-state index is 5.51. The van der Waals surface area contributed by atoms with E-state index in [2.05, 4.69) is 25.7 Å². The van der Waals surface area contributed by atoms with Crippen LogP contribution in [0.5, 0.6) is 0 Å². The molecule has 1 atom stereocenters.